The zero-order chi connectivity index (χ0) is 20.9. The molecule has 0 saturated carbocycles. The molecular weight excluding hydrogens is 438 g/mol. The van der Waals surface area contributed by atoms with E-state index in [1.807, 2.05) is 53.4 Å². The van der Waals surface area contributed by atoms with Crippen LogP contribution < -0.4 is 4.80 Å². The average Bonchev–Trinajstić information content (AvgIpc) is 3.48. The van der Waals surface area contributed by atoms with Gasteiger partial charge in [0.05, 0.1) is 46.9 Å². The molecule has 0 aliphatic heterocycles. The van der Waals surface area contributed by atoms with Crippen molar-refractivity contribution in [2.75, 3.05) is 20.3 Å². The van der Waals surface area contributed by atoms with Crippen molar-refractivity contribution in [2.45, 2.75) is 6.92 Å². The van der Waals surface area contributed by atoms with Gasteiger partial charge in [-0.15, -0.1) is 22.7 Å². The summed E-state index contributed by atoms with van der Waals surface area (Å²) in [5.41, 5.74) is 3.48. The van der Waals surface area contributed by atoms with Gasteiger partial charge in [-0.1, -0.05) is 35.9 Å². The van der Waals surface area contributed by atoms with Crippen molar-refractivity contribution in [3.8, 4) is 16.3 Å². The van der Waals surface area contributed by atoms with E-state index in [9.17, 15) is 0 Å². The molecule has 0 aliphatic carbocycles. The molecule has 154 valence electrons. The quantitative estimate of drug-likeness (QED) is 0.294. The Bertz CT molecular complexity index is 1210. The first-order valence-corrected chi connectivity index (χ1v) is 11.4. The summed E-state index contributed by atoms with van der Waals surface area (Å²) in [5, 5.41) is 14.0. The van der Waals surface area contributed by atoms with Crippen molar-refractivity contribution in [3.63, 3.8) is 0 Å². The predicted octanol–water partition coefficient (Wildman–Crippen LogP) is 4.85. The summed E-state index contributed by atoms with van der Waals surface area (Å²) >= 11 is 9.87. The molecule has 0 aliphatic rings. The van der Waals surface area contributed by atoms with Crippen molar-refractivity contribution in [1.82, 2.24) is 14.5 Å². The van der Waals surface area contributed by atoms with E-state index in [1.165, 1.54) is 0 Å². The molecule has 0 bridgehead atoms. The highest BCUT2D eigenvalue weighted by Crippen LogP contribution is 2.26. The number of methoxy groups -OCH3 is 1. The third kappa shape index (κ3) is 4.32. The Balaban J connectivity index is 1.75. The van der Waals surface area contributed by atoms with E-state index in [2.05, 4.69) is 21.5 Å². The second kappa shape index (κ2) is 9.53. The monoisotopic (exact) mass is 457 g/mol. The second-order valence-electron chi connectivity index (χ2n) is 6.35. The first kappa shape index (κ1) is 20.7. The van der Waals surface area contributed by atoms with E-state index in [0.29, 0.717) is 18.3 Å². The highest BCUT2D eigenvalue weighted by Gasteiger charge is 2.14. The molecule has 4 aromatic rings. The van der Waals surface area contributed by atoms with Crippen LogP contribution in [0.1, 0.15) is 11.3 Å². The van der Waals surface area contributed by atoms with E-state index in [0.717, 1.165) is 32.3 Å². The fourth-order valence-electron chi connectivity index (χ4n) is 2.86. The van der Waals surface area contributed by atoms with Crippen LogP contribution in [0.4, 0.5) is 0 Å². The molecular formula is C21H20ClN5OS2. The lowest BCUT2D eigenvalue weighted by Crippen LogP contribution is -2.13. The van der Waals surface area contributed by atoms with Crippen LogP contribution in [-0.4, -0.2) is 40.9 Å². The number of rotatable bonds is 7. The summed E-state index contributed by atoms with van der Waals surface area (Å²) in [7, 11) is 1.67. The van der Waals surface area contributed by atoms with Crippen molar-refractivity contribution in [1.29, 1.82) is 0 Å². The van der Waals surface area contributed by atoms with E-state index < -0.39 is 0 Å². The Morgan fingerprint density at radius 2 is 2.00 bits per heavy atom. The molecule has 1 aromatic carbocycles. The van der Waals surface area contributed by atoms with Crippen LogP contribution in [0.2, 0.25) is 5.15 Å². The largest absolute Gasteiger partial charge is 0.383 e. The Morgan fingerprint density at radius 1 is 1.17 bits per heavy atom. The first-order valence-electron chi connectivity index (χ1n) is 9.28. The van der Waals surface area contributed by atoms with Gasteiger partial charge in [-0.25, -0.2) is 9.36 Å². The van der Waals surface area contributed by atoms with Crippen LogP contribution in [0, 0.1) is 6.92 Å². The summed E-state index contributed by atoms with van der Waals surface area (Å²) in [4.78, 5) is 6.56. The van der Waals surface area contributed by atoms with E-state index in [-0.39, 0.29) is 0 Å². The molecule has 0 unspecified atom stereocenters. The molecule has 3 aromatic heterocycles. The van der Waals surface area contributed by atoms with Crippen LogP contribution in [0.25, 0.3) is 16.3 Å². The number of aromatic nitrogens is 3. The Hall–Kier alpha value is -2.52. The van der Waals surface area contributed by atoms with Crippen LogP contribution in [-0.2, 0) is 4.74 Å². The number of hydrogen-bond acceptors (Lipinski definition) is 6. The van der Waals surface area contributed by atoms with Crippen LogP contribution in [0.5, 0.6) is 0 Å². The van der Waals surface area contributed by atoms with Crippen molar-refractivity contribution >= 4 is 40.5 Å². The normalized spacial score (nSPS) is 12.3. The molecule has 0 saturated heterocycles. The molecule has 30 heavy (non-hydrogen) atoms. The number of para-hydroxylation sites is 1. The summed E-state index contributed by atoms with van der Waals surface area (Å²) in [6.07, 6.45) is 1.75. The maximum Gasteiger partial charge on any atom is 0.206 e. The highest BCUT2D eigenvalue weighted by molar-refractivity contribution is 7.14. The summed E-state index contributed by atoms with van der Waals surface area (Å²) in [5.74, 6) is 0. The molecule has 3 heterocycles. The third-order valence-corrected chi connectivity index (χ3v) is 6.46. The van der Waals surface area contributed by atoms with Gasteiger partial charge >= 0.3 is 0 Å². The fourth-order valence-corrected chi connectivity index (χ4v) is 4.84. The van der Waals surface area contributed by atoms with Crippen molar-refractivity contribution < 1.29 is 4.74 Å². The average molecular weight is 458 g/mol. The number of halogens is 1. The SMILES string of the molecule is COCCN=c1scc(-c2cccs2)n1/N=C\c1c(C)nn(-c2ccccc2)c1Cl. The van der Waals surface area contributed by atoms with E-state index in [1.54, 1.807) is 40.7 Å². The van der Waals surface area contributed by atoms with Gasteiger partial charge in [-0.3, -0.25) is 4.99 Å². The summed E-state index contributed by atoms with van der Waals surface area (Å²) in [6, 6.07) is 13.9. The van der Waals surface area contributed by atoms with E-state index in [4.69, 9.17) is 21.4 Å². The molecule has 0 spiro atoms. The van der Waals surface area contributed by atoms with Gasteiger partial charge in [-0.2, -0.15) is 10.2 Å². The number of benzene rings is 1. The summed E-state index contributed by atoms with van der Waals surface area (Å²) in [6.45, 7) is 3.06. The van der Waals surface area contributed by atoms with Gasteiger partial charge in [0, 0.05) is 12.5 Å². The molecule has 0 radical (unpaired) electrons. The Kier molecular flexibility index (Phi) is 6.59. The van der Waals surface area contributed by atoms with Crippen molar-refractivity contribution in [2.24, 2.45) is 10.1 Å². The Morgan fingerprint density at radius 3 is 2.73 bits per heavy atom. The molecule has 9 heteroatoms. The van der Waals surface area contributed by atoms with Gasteiger partial charge in [0.15, 0.2) is 0 Å². The lowest BCUT2D eigenvalue weighted by molar-refractivity contribution is 0.207. The number of nitrogens with zero attached hydrogens (tertiary/aromatic N) is 5. The number of hydrogen-bond donors (Lipinski definition) is 0. The minimum absolute atomic E-state index is 0.522. The van der Waals surface area contributed by atoms with Crippen LogP contribution in [0.15, 0.2) is 63.3 Å². The van der Waals surface area contributed by atoms with E-state index >= 15 is 0 Å². The second-order valence-corrected chi connectivity index (χ2v) is 8.49. The van der Waals surface area contributed by atoms with Gasteiger partial charge in [0.1, 0.15) is 5.15 Å². The van der Waals surface area contributed by atoms with Gasteiger partial charge in [-0.05, 0) is 30.5 Å². The number of thiazole rings is 1. The number of aryl methyl sites for hydroxylation is 1. The number of ether oxygens (including phenoxy) is 1. The minimum atomic E-state index is 0.522. The third-order valence-electron chi connectivity index (χ3n) is 4.35. The summed E-state index contributed by atoms with van der Waals surface area (Å²) < 4.78 is 8.70. The first-order chi connectivity index (χ1) is 14.7. The maximum atomic E-state index is 6.65. The fraction of sp³-hybridized carbons (Fsp3) is 0.190. The van der Waals surface area contributed by atoms with Crippen LogP contribution in [0.3, 0.4) is 0 Å². The highest BCUT2D eigenvalue weighted by atomic mass is 35.5. The zero-order valence-corrected chi connectivity index (χ0v) is 18.9. The van der Waals surface area contributed by atoms with Gasteiger partial charge in [0.25, 0.3) is 0 Å². The Labute approximate surface area is 187 Å². The predicted molar refractivity (Wildman–Crippen MR) is 124 cm³/mol. The molecule has 6 nitrogen and oxygen atoms in total. The molecule has 0 fully saturated rings. The topological polar surface area (TPSA) is 56.7 Å². The zero-order valence-electron chi connectivity index (χ0n) is 16.5. The van der Waals surface area contributed by atoms with Gasteiger partial charge in [0.2, 0.25) is 4.80 Å². The minimum Gasteiger partial charge on any atom is -0.383 e. The number of thiophene rings is 1. The molecule has 4 rings (SSSR count). The standard InChI is InChI=1S/C21H20ClN5OS2/c1-15-17(20(22)26(25-15)16-7-4-3-5-8-16)13-24-27-18(19-9-6-12-29-19)14-30-21(27)23-10-11-28-2/h3-9,12-14H,10-11H2,1-2H3/b23-21?,24-13-. The molecule has 0 amide bonds. The molecule has 0 atom stereocenters. The molecule has 0 N–H and O–H groups in total. The maximum absolute atomic E-state index is 6.65. The van der Waals surface area contributed by atoms with Gasteiger partial charge < -0.3 is 4.74 Å². The lowest BCUT2D eigenvalue weighted by Gasteiger charge is -2.02. The lowest BCUT2D eigenvalue weighted by atomic mass is 10.3. The smallest absolute Gasteiger partial charge is 0.206 e. The van der Waals surface area contributed by atoms with Crippen molar-refractivity contribution in [3.05, 3.63) is 74.4 Å². The van der Waals surface area contributed by atoms with Crippen LogP contribution >= 0.6 is 34.3 Å².